The third-order valence-electron chi connectivity index (χ3n) is 5.32. The van der Waals surface area contributed by atoms with Crippen molar-refractivity contribution in [3.05, 3.63) is 87.3 Å². The Bertz CT molecular complexity index is 1130. The van der Waals surface area contributed by atoms with E-state index in [2.05, 4.69) is 19.9 Å². The maximum Gasteiger partial charge on any atom is 0.249 e. The molecule has 1 aromatic heterocycles. The van der Waals surface area contributed by atoms with Crippen LogP contribution in [0.2, 0.25) is 0 Å². The van der Waals surface area contributed by atoms with Crippen LogP contribution in [0.1, 0.15) is 37.5 Å². The lowest BCUT2D eigenvalue weighted by molar-refractivity contribution is -0.117. The molecule has 4 rings (SSSR count). The van der Waals surface area contributed by atoms with Crippen molar-refractivity contribution in [3.63, 3.8) is 0 Å². The van der Waals surface area contributed by atoms with Crippen molar-refractivity contribution in [3.8, 4) is 0 Å². The SMILES string of the molecule is Cc1ccccc1C1=NCC(=O)N(CC(=O)c2ccccc2)c2sc(C)c(C)c21. The number of hydrogen-bond acceptors (Lipinski definition) is 4. The summed E-state index contributed by atoms with van der Waals surface area (Å²) in [5.74, 6) is -0.228. The molecule has 0 fully saturated rings. The molecule has 2 heterocycles. The van der Waals surface area contributed by atoms with Crippen molar-refractivity contribution in [1.29, 1.82) is 0 Å². The lowest BCUT2D eigenvalue weighted by Gasteiger charge is -2.20. The van der Waals surface area contributed by atoms with Crippen LogP contribution >= 0.6 is 11.3 Å². The van der Waals surface area contributed by atoms with Crippen molar-refractivity contribution in [2.75, 3.05) is 18.0 Å². The summed E-state index contributed by atoms with van der Waals surface area (Å²) in [5, 5.41) is 0.814. The Morgan fingerprint density at radius 3 is 2.45 bits per heavy atom. The van der Waals surface area contributed by atoms with Crippen molar-refractivity contribution < 1.29 is 9.59 Å². The number of carbonyl (C=O) groups excluding carboxylic acids is 2. The molecule has 0 unspecified atom stereocenters. The Hall–Kier alpha value is -3.05. The van der Waals surface area contributed by atoms with E-state index in [0.29, 0.717) is 5.56 Å². The number of fused-ring (bicyclic) bond motifs is 1. The average molecular weight is 403 g/mol. The fourth-order valence-electron chi connectivity index (χ4n) is 3.58. The molecular formula is C24H22N2O2S. The van der Waals surface area contributed by atoms with E-state index in [4.69, 9.17) is 4.99 Å². The number of benzene rings is 2. The summed E-state index contributed by atoms with van der Waals surface area (Å²) in [7, 11) is 0. The summed E-state index contributed by atoms with van der Waals surface area (Å²) in [6.45, 7) is 6.21. The molecule has 146 valence electrons. The fraction of sp³-hybridized carbons (Fsp3) is 0.208. The van der Waals surface area contributed by atoms with Gasteiger partial charge in [-0.05, 0) is 31.9 Å². The molecule has 1 amide bonds. The van der Waals surface area contributed by atoms with E-state index < -0.39 is 0 Å². The van der Waals surface area contributed by atoms with Gasteiger partial charge in [-0.25, -0.2) is 0 Å². The number of hydrogen-bond donors (Lipinski definition) is 0. The maximum absolute atomic E-state index is 13.0. The number of ketones is 1. The molecule has 0 bridgehead atoms. The van der Waals surface area contributed by atoms with Gasteiger partial charge in [-0.1, -0.05) is 54.6 Å². The van der Waals surface area contributed by atoms with E-state index in [1.165, 1.54) is 0 Å². The van der Waals surface area contributed by atoms with E-state index in [-0.39, 0.29) is 24.8 Å². The maximum atomic E-state index is 13.0. The number of carbonyl (C=O) groups is 2. The van der Waals surface area contributed by atoms with Gasteiger partial charge in [0.25, 0.3) is 0 Å². The quantitative estimate of drug-likeness (QED) is 0.592. The van der Waals surface area contributed by atoms with Crippen molar-refractivity contribution in [2.45, 2.75) is 20.8 Å². The highest BCUT2D eigenvalue weighted by atomic mass is 32.1. The monoisotopic (exact) mass is 402 g/mol. The third-order valence-corrected chi connectivity index (χ3v) is 6.55. The van der Waals surface area contributed by atoms with Crippen LogP contribution in [-0.4, -0.2) is 30.5 Å². The summed E-state index contributed by atoms with van der Waals surface area (Å²) in [5.41, 5.74) is 5.66. The van der Waals surface area contributed by atoms with Gasteiger partial charge in [0.15, 0.2) is 5.78 Å². The van der Waals surface area contributed by atoms with Gasteiger partial charge in [-0.2, -0.15) is 0 Å². The largest absolute Gasteiger partial charge is 0.294 e. The van der Waals surface area contributed by atoms with Crippen molar-refractivity contribution >= 4 is 33.7 Å². The van der Waals surface area contributed by atoms with Crippen LogP contribution in [0.4, 0.5) is 5.00 Å². The number of rotatable bonds is 4. The molecule has 0 aliphatic carbocycles. The third kappa shape index (κ3) is 3.54. The zero-order valence-corrected chi connectivity index (χ0v) is 17.5. The lowest BCUT2D eigenvalue weighted by Crippen LogP contribution is -2.36. The molecule has 29 heavy (non-hydrogen) atoms. The van der Waals surface area contributed by atoms with Gasteiger partial charge >= 0.3 is 0 Å². The van der Waals surface area contributed by atoms with Crippen LogP contribution in [0.5, 0.6) is 0 Å². The molecule has 4 nitrogen and oxygen atoms in total. The van der Waals surface area contributed by atoms with E-state index in [1.54, 1.807) is 28.4 Å². The van der Waals surface area contributed by atoms with E-state index in [0.717, 1.165) is 37.8 Å². The fourth-order valence-corrected chi connectivity index (χ4v) is 4.75. The summed E-state index contributed by atoms with van der Waals surface area (Å²) in [6.07, 6.45) is 0. The Balaban J connectivity index is 1.81. The standard InChI is InChI=1S/C24H22N2O2S/c1-15-9-7-8-12-19(15)23-22-16(2)17(3)29-24(22)26(21(28)13-25-23)14-20(27)18-10-5-4-6-11-18/h4-12H,13-14H2,1-3H3. The predicted molar refractivity (Wildman–Crippen MR) is 119 cm³/mol. The van der Waals surface area contributed by atoms with Gasteiger partial charge in [0, 0.05) is 21.6 Å². The minimum atomic E-state index is -0.152. The molecule has 0 atom stereocenters. The topological polar surface area (TPSA) is 49.7 Å². The molecule has 5 heteroatoms. The Kier molecular flexibility index (Phi) is 5.16. The second-order valence-corrected chi connectivity index (χ2v) is 8.42. The van der Waals surface area contributed by atoms with E-state index in [1.807, 2.05) is 43.3 Å². The van der Waals surface area contributed by atoms with Gasteiger partial charge < -0.3 is 0 Å². The summed E-state index contributed by atoms with van der Waals surface area (Å²) >= 11 is 1.56. The Morgan fingerprint density at radius 1 is 1.03 bits per heavy atom. The normalized spacial score (nSPS) is 13.7. The Morgan fingerprint density at radius 2 is 1.72 bits per heavy atom. The van der Waals surface area contributed by atoms with Crippen LogP contribution in [0, 0.1) is 20.8 Å². The first-order chi connectivity index (χ1) is 14.0. The molecule has 0 N–H and O–H groups in total. The lowest BCUT2D eigenvalue weighted by atomic mass is 9.96. The first-order valence-corrected chi connectivity index (χ1v) is 10.4. The molecule has 0 saturated carbocycles. The smallest absolute Gasteiger partial charge is 0.249 e. The van der Waals surface area contributed by atoms with Crippen LogP contribution in [-0.2, 0) is 4.79 Å². The minimum Gasteiger partial charge on any atom is -0.294 e. The second-order valence-electron chi connectivity index (χ2n) is 7.21. The number of thiophene rings is 1. The van der Waals surface area contributed by atoms with Crippen LogP contribution < -0.4 is 4.90 Å². The van der Waals surface area contributed by atoms with E-state index in [9.17, 15) is 9.59 Å². The molecule has 0 saturated heterocycles. The first kappa shape index (κ1) is 19.3. The summed E-state index contributed by atoms with van der Waals surface area (Å²) in [4.78, 5) is 33.3. The van der Waals surface area contributed by atoms with Gasteiger partial charge in [-0.3, -0.25) is 19.5 Å². The number of amides is 1. The molecular weight excluding hydrogens is 380 g/mol. The van der Waals surface area contributed by atoms with Gasteiger partial charge in [0.05, 0.1) is 12.3 Å². The predicted octanol–water partition coefficient (Wildman–Crippen LogP) is 4.74. The second kappa shape index (κ2) is 7.76. The zero-order valence-electron chi connectivity index (χ0n) is 16.7. The molecule has 0 spiro atoms. The number of aliphatic imine (C=N–C) groups is 1. The Labute approximate surface area is 174 Å². The van der Waals surface area contributed by atoms with Crippen LogP contribution in [0.3, 0.4) is 0 Å². The van der Waals surface area contributed by atoms with Crippen molar-refractivity contribution in [2.24, 2.45) is 4.99 Å². The molecule has 0 radical (unpaired) electrons. The number of Topliss-reactive ketones (excluding diaryl/α,β-unsaturated/α-hetero) is 1. The first-order valence-electron chi connectivity index (χ1n) is 9.56. The average Bonchev–Trinajstić information content (AvgIpc) is 2.94. The molecule has 3 aromatic rings. The van der Waals surface area contributed by atoms with E-state index >= 15 is 0 Å². The van der Waals surface area contributed by atoms with Crippen LogP contribution in [0.25, 0.3) is 0 Å². The highest BCUT2D eigenvalue weighted by molar-refractivity contribution is 7.17. The highest BCUT2D eigenvalue weighted by Gasteiger charge is 2.31. The van der Waals surface area contributed by atoms with Crippen molar-refractivity contribution in [1.82, 2.24) is 0 Å². The van der Waals surface area contributed by atoms with Gasteiger partial charge in [-0.15, -0.1) is 11.3 Å². The molecule has 1 aliphatic heterocycles. The molecule has 2 aromatic carbocycles. The van der Waals surface area contributed by atoms with Gasteiger partial charge in [0.1, 0.15) is 11.5 Å². The summed E-state index contributed by atoms with van der Waals surface area (Å²) < 4.78 is 0. The number of anilines is 1. The molecule has 1 aliphatic rings. The summed E-state index contributed by atoms with van der Waals surface area (Å²) in [6, 6.07) is 17.2. The number of aryl methyl sites for hydroxylation is 2. The van der Waals surface area contributed by atoms with Gasteiger partial charge in [0.2, 0.25) is 5.91 Å². The minimum absolute atomic E-state index is 0.0197. The number of nitrogens with zero attached hydrogens (tertiary/aromatic N) is 2. The highest BCUT2D eigenvalue weighted by Crippen LogP contribution is 2.39. The zero-order chi connectivity index (χ0) is 20.5. The van der Waals surface area contributed by atoms with Crippen LogP contribution in [0.15, 0.2) is 59.6 Å².